The van der Waals surface area contributed by atoms with E-state index in [0.717, 1.165) is 12.1 Å². The van der Waals surface area contributed by atoms with Crippen LogP contribution in [0, 0.1) is 17.6 Å². The molecule has 2 aromatic rings. The SMILES string of the molecule is O=C(NC1=N[C@](CF)(c2c(F)cccc2F)[C@H]2CC2O1)c1ccccc1. The molecule has 1 saturated carbocycles. The molecule has 1 aliphatic heterocycles. The normalized spacial score (nSPS) is 26.3. The zero-order valence-electron chi connectivity index (χ0n) is 13.6. The maximum absolute atomic E-state index is 14.3. The van der Waals surface area contributed by atoms with Gasteiger partial charge in [-0.15, -0.1) is 0 Å². The summed E-state index contributed by atoms with van der Waals surface area (Å²) in [5.74, 6) is -2.71. The van der Waals surface area contributed by atoms with Crippen LogP contribution in [0.2, 0.25) is 0 Å². The molecule has 2 aromatic carbocycles. The molecule has 0 aromatic heterocycles. The number of fused-ring (bicyclic) bond motifs is 1. The summed E-state index contributed by atoms with van der Waals surface area (Å²) in [6.45, 7) is -1.10. The van der Waals surface area contributed by atoms with Crippen molar-refractivity contribution in [3.63, 3.8) is 0 Å². The second-order valence-corrected chi connectivity index (χ2v) is 6.39. The average molecular weight is 360 g/mol. The second-order valence-electron chi connectivity index (χ2n) is 6.39. The molecule has 1 amide bonds. The third kappa shape index (κ3) is 2.64. The van der Waals surface area contributed by atoms with Crippen LogP contribution in [0.3, 0.4) is 0 Å². The van der Waals surface area contributed by atoms with E-state index in [2.05, 4.69) is 10.3 Å². The van der Waals surface area contributed by atoms with E-state index in [0.29, 0.717) is 12.0 Å². The molecule has 0 bridgehead atoms. The average Bonchev–Trinajstić information content (AvgIpc) is 3.42. The molecule has 1 N–H and O–H groups in total. The molecule has 1 aliphatic carbocycles. The summed E-state index contributed by atoms with van der Waals surface area (Å²) >= 11 is 0. The van der Waals surface area contributed by atoms with Crippen molar-refractivity contribution >= 4 is 11.9 Å². The Bertz CT molecular complexity index is 867. The van der Waals surface area contributed by atoms with Gasteiger partial charge in [0, 0.05) is 11.5 Å². The summed E-state index contributed by atoms with van der Waals surface area (Å²) in [4.78, 5) is 16.4. The van der Waals surface area contributed by atoms with Crippen LogP contribution in [0.4, 0.5) is 13.2 Å². The molecule has 4 rings (SSSR count). The number of rotatable bonds is 3. The first-order chi connectivity index (χ1) is 12.5. The highest BCUT2D eigenvalue weighted by Crippen LogP contribution is 2.54. The number of hydrogen-bond acceptors (Lipinski definition) is 3. The van der Waals surface area contributed by atoms with Gasteiger partial charge in [0.25, 0.3) is 11.9 Å². The molecule has 1 unspecified atom stereocenters. The first-order valence-electron chi connectivity index (χ1n) is 8.18. The van der Waals surface area contributed by atoms with Gasteiger partial charge in [-0.2, -0.15) is 0 Å². The van der Waals surface area contributed by atoms with Crippen molar-refractivity contribution in [3.05, 3.63) is 71.3 Å². The van der Waals surface area contributed by atoms with Crippen LogP contribution in [-0.4, -0.2) is 24.7 Å². The van der Waals surface area contributed by atoms with Gasteiger partial charge in [-0.3, -0.25) is 10.1 Å². The number of nitrogens with zero attached hydrogens (tertiary/aromatic N) is 1. The molecule has 0 saturated heterocycles. The molecule has 4 nitrogen and oxygen atoms in total. The number of aliphatic imine (C=N–C) groups is 1. The van der Waals surface area contributed by atoms with Gasteiger partial charge < -0.3 is 4.74 Å². The minimum Gasteiger partial charge on any atom is -0.461 e. The Morgan fingerprint density at radius 2 is 1.85 bits per heavy atom. The smallest absolute Gasteiger partial charge is 0.292 e. The Morgan fingerprint density at radius 1 is 1.15 bits per heavy atom. The van der Waals surface area contributed by atoms with E-state index < -0.39 is 47.3 Å². The molecule has 0 radical (unpaired) electrons. The summed E-state index contributed by atoms with van der Waals surface area (Å²) in [6, 6.07) is 11.5. The molecule has 1 heterocycles. The lowest BCUT2D eigenvalue weighted by Gasteiger charge is -2.32. The highest BCUT2D eigenvalue weighted by molar-refractivity contribution is 6.04. The van der Waals surface area contributed by atoms with Crippen LogP contribution in [0.25, 0.3) is 0 Å². The highest BCUT2D eigenvalue weighted by atomic mass is 19.1. The van der Waals surface area contributed by atoms with E-state index in [-0.39, 0.29) is 6.02 Å². The number of ether oxygens (including phenoxy) is 1. The first-order valence-corrected chi connectivity index (χ1v) is 8.18. The van der Waals surface area contributed by atoms with Gasteiger partial charge in [0.05, 0.1) is 5.56 Å². The van der Waals surface area contributed by atoms with Crippen LogP contribution >= 0.6 is 0 Å². The Hall–Kier alpha value is -2.83. The number of halogens is 3. The summed E-state index contributed by atoms with van der Waals surface area (Å²) in [5, 5.41) is 2.47. The largest absolute Gasteiger partial charge is 0.461 e. The standard InChI is InChI=1S/C19H15F3N2O2/c20-10-19(16-13(21)7-4-8-14(16)22)12-9-15(12)26-18(24-19)23-17(25)11-5-2-1-3-6-11/h1-8,12,15H,9-10H2,(H,23,24,25)/t12-,15?,19-/m0/s1. The quantitative estimate of drug-likeness (QED) is 0.913. The van der Waals surface area contributed by atoms with E-state index in [1.54, 1.807) is 30.3 Å². The van der Waals surface area contributed by atoms with Gasteiger partial charge in [-0.05, 0) is 30.7 Å². The van der Waals surface area contributed by atoms with Crippen molar-refractivity contribution in [1.82, 2.24) is 5.32 Å². The molecule has 2 aliphatic rings. The van der Waals surface area contributed by atoms with Crippen LogP contribution < -0.4 is 5.32 Å². The van der Waals surface area contributed by atoms with Gasteiger partial charge in [0.1, 0.15) is 30.0 Å². The fourth-order valence-electron chi connectivity index (χ4n) is 3.40. The predicted molar refractivity (Wildman–Crippen MR) is 88.3 cm³/mol. The van der Waals surface area contributed by atoms with Crippen molar-refractivity contribution in [2.24, 2.45) is 10.9 Å². The van der Waals surface area contributed by atoms with E-state index in [4.69, 9.17) is 4.74 Å². The minimum atomic E-state index is -1.74. The van der Waals surface area contributed by atoms with Gasteiger partial charge in [-0.1, -0.05) is 24.3 Å². The summed E-state index contributed by atoms with van der Waals surface area (Å²) in [5.41, 5.74) is -1.80. The molecule has 1 fully saturated rings. The number of nitrogens with one attached hydrogen (secondary N) is 1. The zero-order valence-corrected chi connectivity index (χ0v) is 13.6. The lowest BCUT2D eigenvalue weighted by atomic mass is 9.85. The second kappa shape index (κ2) is 6.16. The van der Waals surface area contributed by atoms with Gasteiger partial charge in [0.2, 0.25) is 0 Å². The Morgan fingerprint density at radius 3 is 2.50 bits per heavy atom. The van der Waals surface area contributed by atoms with E-state index >= 15 is 0 Å². The topological polar surface area (TPSA) is 50.7 Å². The maximum Gasteiger partial charge on any atom is 0.292 e. The number of alkyl halides is 1. The van der Waals surface area contributed by atoms with E-state index in [9.17, 15) is 18.0 Å². The number of carbonyl (C=O) groups excluding carboxylic acids is 1. The van der Waals surface area contributed by atoms with Crippen molar-refractivity contribution in [3.8, 4) is 0 Å². The third-order valence-electron chi connectivity index (χ3n) is 4.77. The van der Waals surface area contributed by atoms with Crippen LogP contribution in [-0.2, 0) is 10.3 Å². The van der Waals surface area contributed by atoms with Gasteiger partial charge in [0.15, 0.2) is 0 Å². The summed E-state index contributed by atoms with van der Waals surface area (Å²) in [7, 11) is 0. The minimum absolute atomic E-state index is 0.224. The Labute approximate surface area is 147 Å². The zero-order chi connectivity index (χ0) is 18.3. The number of hydrogen-bond donors (Lipinski definition) is 1. The van der Waals surface area contributed by atoms with E-state index in [1.165, 1.54) is 6.07 Å². The van der Waals surface area contributed by atoms with Gasteiger partial charge in [-0.25, -0.2) is 18.2 Å². The molecule has 0 spiro atoms. The van der Waals surface area contributed by atoms with Crippen LogP contribution in [0.15, 0.2) is 53.5 Å². The number of carbonyl (C=O) groups is 1. The molecular formula is C19H15F3N2O2. The summed E-state index contributed by atoms with van der Waals surface area (Å²) < 4.78 is 48.2. The Kier molecular flexibility index (Phi) is 3.94. The van der Waals surface area contributed by atoms with Crippen molar-refractivity contribution in [2.45, 2.75) is 18.1 Å². The molecule has 26 heavy (non-hydrogen) atoms. The van der Waals surface area contributed by atoms with Crippen LogP contribution in [0.5, 0.6) is 0 Å². The number of amides is 1. The van der Waals surface area contributed by atoms with Crippen molar-refractivity contribution in [2.75, 3.05) is 6.67 Å². The maximum atomic E-state index is 14.3. The fraction of sp³-hybridized carbons (Fsp3) is 0.263. The van der Waals surface area contributed by atoms with Crippen LogP contribution in [0.1, 0.15) is 22.3 Å². The highest BCUT2D eigenvalue weighted by Gasteiger charge is 2.61. The molecule has 3 atom stereocenters. The monoisotopic (exact) mass is 360 g/mol. The lowest BCUT2D eigenvalue weighted by molar-refractivity contribution is 0.0950. The predicted octanol–water partition coefficient (Wildman–Crippen LogP) is 3.33. The number of benzene rings is 2. The third-order valence-corrected chi connectivity index (χ3v) is 4.77. The van der Waals surface area contributed by atoms with E-state index in [1.807, 2.05) is 0 Å². The molecule has 134 valence electrons. The van der Waals surface area contributed by atoms with Gasteiger partial charge >= 0.3 is 0 Å². The fourth-order valence-corrected chi connectivity index (χ4v) is 3.40. The molecule has 7 heteroatoms. The summed E-state index contributed by atoms with van der Waals surface area (Å²) in [6.07, 6.45) is -0.0281. The van der Waals surface area contributed by atoms with Crippen molar-refractivity contribution in [1.29, 1.82) is 0 Å². The Balaban J connectivity index is 1.71. The first kappa shape index (κ1) is 16.6. The molecular weight excluding hydrogens is 345 g/mol. The number of amidine groups is 1. The lowest BCUT2D eigenvalue weighted by Crippen LogP contribution is -2.43. The van der Waals surface area contributed by atoms with Crippen molar-refractivity contribution < 1.29 is 22.7 Å².